The maximum Gasteiger partial charge on any atom is 0.262 e. The molecular weight excluding hydrogens is 232 g/mol. The number of carbonyl (C=O) groups excluding carboxylic acids is 1. The molecule has 0 radical (unpaired) electrons. The number of nitrogens with zero attached hydrogens (tertiary/aromatic N) is 1. The average molecular weight is 252 g/mol. The van der Waals surface area contributed by atoms with Gasteiger partial charge in [-0.3, -0.25) is 9.80 Å². The summed E-state index contributed by atoms with van der Waals surface area (Å²) in [5.41, 5.74) is 3.12. The van der Waals surface area contributed by atoms with Crippen molar-refractivity contribution in [3.63, 3.8) is 0 Å². The number of likely N-dealkylation sites (N-methyl/N-ethyl adjacent to an activating group) is 1. The molecule has 5 heteroatoms. The predicted octanol–water partition coefficient (Wildman–Crippen LogP) is 1.16. The van der Waals surface area contributed by atoms with Crippen molar-refractivity contribution in [2.75, 3.05) is 20.8 Å². The van der Waals surface area contributed by atoms with Gasteiger partial charge in [0.25, 0.3) is 5.91 Å². The van der Waals surface area contributed by atoms with Crippen LogP contribution in [0.25, 0.3) is 0 Å². The normalized spacial score (nSPS) is 10.3. The van der Waals surface area contributed by atoms with Crippen molar-refractivity contribution in [3.05, 3.63) is 28.8 Å². The minimum Gasteiger partial charge on any atom is -0.496 e. The first kappa shape index (κ1) is 14.5. The Kier molecular flexibility index (Phi) is 5.12. The summed E-state index contributed by atoms with van der Waals surface area (Å²) >= 11 is 0. The second kappa shape index (κ2) is 6.37. The van der Waals surface area contributed by atoms with Crippen molar-refractivity contribution in [2.24, 2.45) is 5.84 Å². The van der Waals surface area contributed by atoms with Gasteiger partial charge in [0, 0.05) is 7.05 Å². The number of methoxy groups -OCH3 is 1. The SMILES string of the molecule is COc1c(C)cc(COCC(=O)N(C)N)cc1C. The molecule has 18 heavy (non-hydrogen) atoms. The highest BCUT2D eigenvalue weighted by atomic mass is 16.5. The highest BCUT2D eigenvalue weighted by Crippen LogP contribution is 2.24. The molecule has 0 spiro atoms. The van der Waals surface area contributed by atoms with Gasteiger partial charge in [-0.1, -0.05) is 12.1 Å². The van der Waals surface area contributed by atoms with Gasteiger partial charge in [-0.15, -0.1) is 0 Å². The number of rotatable bonds is 5. The van der Waals surface area contributed by atoms with E-state index in [0.29, 0.717) is 6.61 Å². The fourth-order valence-electron chi connectivity index (χ4n) is 1.80. The second-order valence-corrected chi connectivity index (χ2v) is 4.26. The Morgan fingerprint density at radius 3 is 2.33 bits per heavy atom. The molecule has 1 aromatic rings. The molecule has 0 aliphatic carbocycles. The Morgan fingerprint density at radius 2 is 1.89 bits per heavy atom. The van der Waals surface area contributed by atoms with Crippen LogP contribution in [-0.2, 0) is 16.1 Å². The number of hydrazine groups is 1. The van der Waals surface area contributed by atoms with Crippen molar-refractivity contribution in [2.45, 2.75) is 20.5 Å². The lowest BCUT2D eigenvalue weighted by Gasteiger charge is -2.13. The Morgan fingerprint density at radius 1 is 1.33 bits per heavy atom. The number of nitrogens with two attached hydrogens (primary N) is 1. The molecule has 0 atom stereocenters. The molecule has 1 rings (SSSR count). The van der Waals surface area contributed by atoms with E-state index in [0.717, 1.165) is 27.4 Å². The number of hydrogen-bond acceptors (Lipinski definition) is 4. The van der Waals surface area contributed by atoms with Gasteiger partial charge in [0.05, 0.1) is 13.7 Å². The summed E-state index contributed by atoms with van der Waals surface area (Å²) in [6.45, 7) is 4.32. The summed E-state index contributed by atoms with van der Waals surface area (Å²) in [7, 11) is 3.15. The third kappa shape index (κ3) is 3.72. The smallest absolute Gasteiger partial charge is 0.262 e. The first-order valence-electron chi connectivity index (χ1n) is 5.68. The molecule has 0 saturated heterocycles. The first-order chi connectivity index (χ1) is 8.45. The van der Waals surface area contributed by atoms with Crippen LogP contribution in [0.1, 0.15) is 16.7 Å². The largest absolute Gasteiger partial charge is 0.496 e. The zero-order chi connectivity index (χ0) is 13.7. The van der Waals surface area contributed by atoms with Crippen molar-refractivity contribution >= 4 is 5.91 Å². The summed E-state index contributed by atoms with van der Waals surface area (Å²) in [4.78, 5) is 11.2. The maximum absolute atomic E-state index is 11.2. The average Bonchev–Trinajstić information content (AvgIpc) is 2.28. The van der Waals surface area contributed by atoms with E-state index in [1.807, 2.05) is 26.0 Å². The van der Waals surface area contributed by atoms with Crippen LogP contribution in [0.2, 0.25) is 0 Å². The standard InChI is InChI=1S/C13H20N2O3/c1-9-5-11(6-10(2)13(9)17-4)7-18-8-12(16)15(3)14/h5-6H,7-8,14H2,1-4H3. The zero-order valence-electron chi connectivity index (χ0n) is 11.3. The lowest BCUT2D eigenvalue weighted by atomic mass is 10.1. The van der Waals surface area contributed by atoms with Gasteiger partial charge >= 0.3 is 0 Å². The van der Waals surface area contributed by atoms with E-state index in [4.69, 9.17) is 15.3 Å². The quantitative estimate of drug-likeness (QED) is 0.485. The summed E-state index contributed by atoms with van der Waals surface area (Å²) in [5, 5.41) is 1.02. The van der Waals surface area contributed by atoms with E-state index < -0.39 is 0 Å². The Hall–Kier alpha value is -1.59. The second-order valence-electron chi connectivity index (χ2n) is 4.26. The predicted molar refractivity (Wildman–Crippen MR) is 69.1 cm³/mol. The molecule has 0 aliphatic heterocycles. The molecule has 0 bridgehead atoms. The van der Waals surface area contributed by atoms with Crippen LogP contribution in [0.4, 0.5) is 0 Å². The third-order valence-electron chi connectivity index (χ3n) is 2.61. The number of benzene rings is 1. The molecule has 0 fully saturated rings. The lowest BCUT2D eigenvalue weighted by Crippen LogP contribution is -2.35. The molecule has 0 unspecified atom stereocenters. The molecule has 5 nitrogen and oxygen atoms in total. The maximum atomic E-state index is 11.2. The van der Waals surface area contributed by atoms with E-state index in [2.05, 4.69) is 0 Å². The van der Waals surface area contributed by atoms with Gasteiger partial charge < -0.3 is 9.47 Å². The van der Waals surface area contributed by atoms with Gasteiger partial charge in [-0.05, 0) is 30.5 Å². The molecule has 1 amide bonds. The highest BCUT2D eigenvalue weighted by Gasteiger charge is 2.07. The van der Waals surface area contributed by atoms with Crippen LogP contribution < -0.4 is 10.6 Å². The number of ether oxygens (including phenoxy) is 2. The highest BCUT2D eigenvalue weighted by molar-refractivity contribution is 5.76. The van der Waals surface area contributed by atoms with Crippen molar-refractivity contribution in [1.29, 1.82) is 0 Å². The molecule has 2 N–H and O–H groups in total. The van der Waals surface area contributed by atoms with Crippen molar-refractivity contribution in [1.82, 2.24) is 5.01 Å². The monoisotopic (exact) mass is 252 g/mol. The van der Waals surface area contributed by atoms with Crippen LogP contribution >= 0.6 is 0 Å². The summed E-state index contributed by atoms with van der Waals surface area (Å²) in [5.74, 6) is 5.92. The van der Waals surface area contributed by atoms with E-state index in [1.54, 1.807) is 7.11 Å². The minimum absolute atomic E-state index is 0.0167. The van der Waals surface area contributed by atoms with E-state index in [9.17, 15) is 4.79 Å². The van der Waals surface area contributed by atoms with Crippen LogP contribution in [0, 0.1) is 13.8 Å². The number of amides is 1. The fourth-order valence-corrected chi connectivity index (χ4v) is 1.80. The van der Waals surface area contributed by atoms with E-state index in [-0.39, 0.29) is 12.5 Å². The third-order valence-corrected chi connectivity index (χ3v) is 2.61. The van der Waals surface area contributed by atoms with E-state index >= 15 is 0 Å². The number of aryl methyl sites for hydroxylation is 2. The van der Waals surface area contributed by atoms with Crippen LogP contribution in [0.5, 0.6) is 5.75 Å². The van der Waals surface area contributed by atoms with Gasteiger partial charge in [-0.2, -0.15) is 0 Å². The fraction of sp³-hybridized carbons (Fsp3) is 0.462. The lowest BCUT2D eigenvalue weighted by molar-refractivity contribution is -0.135. The topological polar surface area (TPSA) is 64.8 Å². The Bertz CT molecular complexity index is 407. The summed E-state index contributed by atoms with van der Waals surface area (Å²) in [6, 6.07) is 3.98. The molecule has 0 saturated carbocycles. The van der Waals surface area contributed by atoms with Gasteiger partial charge in [0.15, 0.2) is 0 Å². The molecule has 1 aromatic carbocycles. The number of hydrogen-bond donors (Lipinski definition) is 1. The van der Waals surface area contributed by atoms with E-state index in [1.165, 1.54) is 7.05 Å². The first-order valence-corrected chi connectivity index (χ1v) is 5.68. The molecule has 0 aromatic heterocycles. The van der Waals surface area contributed by atoms with Gasteiger partial charge in [0.2, 0.25) is 0 Å². The molecular formula is C13H20N2O3. The van der Waals surface area contributed by atoms with Crippen molar-refractivity contribution < 1.29 is 14.3 Å². The molecule has 0 heterocycles. The molecule has 100 valence electrons. The summed E-state index contributed by atoms with van der Waals surface area (Å²) in [6.07, 6.45) is 0. The minimum atomic E-state index is -0.253. The van der Waals surface area contributed by atoms with Gasteiger partial charge in [-0.25, -0.2) is 5.84 Å². The zero-order valence-corrected chi connectivity index (χ0v) is 11.3. The van der Waals surface area contributed by atoms with Crippen LogP contribution in [-0.4, -0.2) is 31.7 Å². The van der Waals surface area contributed by atoms with Crippen LogP contribution in [0.15, 0.2) is 12.1 Å². The summed E-state index contributed by atoms with van der Waals surface area (Å²) < 4.78 is 10.6. The molecule has 0 aliphatic rings. The number of carbonyl (C=O) groups is 1. The van der Waals surface area contributed by atoms with Crippen LogP contribution in [0.3, 0.4) is 0 Å². The van der Waals surface area contributed by atoms with Crippen molar-refractivity contribution in [3.8, 4) is 5.75 Å². The Balaban J connectivity index is 2.61. The van der Waals surface area contributed by atoms with Gasteiger partial charge in [0.1, 0.15) is 12.4 Å². The Labute approximate surface area is 107 Å².